The summed E-state index contributed by atoms with van der Waals surface area (Å²) in [5.41, 5.74) is 0.874. The zero-order valence-corrected chi connectivity index (χ0v) is 25.1. The molecule has 0 radical (unpaired) electrons. The third-order valence-electron chi connectivity index (χ3n) is 5.29. The number of aryl methyl sites for hydroxylation is 2. The highest BCUT2D eigenvalue weighted by molar-refractivity contribution is 5.81. The number of ether oxygens (including phenoxy) is 3. The fourth-order valence-electron chi connectivity index (χ4n) is 3.46. The van der Waals surface area contributed by atoms with Crippen molar-refractivity contribution in [2.24, 2.45) is 0 Å². The van der Waals surface area contributed by atoms with E-state index in [9.17, 15) is 19.2 Å². The van der Waals surface area contributed by atoms with Crippen molar-refractivity contribution in [2.45, 2.75) is 90.5 Å². The number of rotatable bonds is 10. The first-order valence-corrected chi connectivity index (χ1v) is 13.5. The van der Waals surface area contributed by atoms with Crippen LogP contribution in [0, 0.1) is 0 Å². The minimum Gasteiger partial charge on any atom is -0.480 e. The van der Waals surface area contributed by atoms with E-state index in [2.05, 4.69) is 10.6 Å². The van der Waals surface area contributed by atoms with Gasteiger partial charge in [0.2, 0.25) is 0 Å². The maximum atomic E-state index is 11.8. The second-order valence-corrected chi connectivity index (χ2v) is 11.3. The summed E-state index contributed by atoms with van der Waals surface area (Å²) in [6, 6.07) is 17.6. The lowest BCUT2D eigenvalue weighted by Crippen LogP contribution is -2.44. The lowest BCUT2D eigenvalue weighted by atomic mass is 10.1. The number of amides is 2. The molecular formula is C31H44N2O8. The third-order valence-corrected chi connectivity index (χ3v) is 5.29. The van der Waals surface area contributed by atoms with Gasteiger partial charge in [0.15, 0.2) is 0 Å². The molecule has 2 aromatic rings. The van der Waals surface area contributed by atoms with Crippen LogP contribution in [0.25, 0.3) is 0 Å². The Hall–Kier alpha value is -4.08. The van der Waals surface area contributed by atoms with Crippen molar-refractivity contribution in [1.29, 1.82) is 0 Å². The predicted octanol–water partition coefficient (Wildman–Crippen LogP) is 5.28. The zero-order chi connectivity index (χ0) is 31.1. The highest BCUT2D eigenvalue weighted by Gasteiger charge is 2.25. The van der Waals surface area contributed by atoms with Crippen LogP contribution in [0.2, 0.25) is 0 Å². The summed E-state index contributed by atoms with van der Waals surface area (Å²) in [5.74, 6) is -1.54. The summed E-state index contributed by atoms with van der Waals surface area (Å²) in [6.07, 6.45) is 0.683. The molecule has 3 N–H and O–H groups in total. The number of carbonyl (C=O) groups is 4. The Morgan fingerprint density at radius 3 is 1.39 bits per heavy atom. The van der Waals surface area contributed by atoms with Crippen molar-refractivity contribution in [3.05, 3.63) is 71.8 Å². The van der Waals surface area contributed by atoms with Gasteiger partial charge in [-0.25, -0.2) is 19.2 Å². The average Bonchev–Trinajstić information content (AvgIpc) is 2.87. The van der Waals surface area contributed by atoms with Gasteiger partial charge in [-0.2, -0.15) is 0 Å². The van der Waals surface area contributed by atoms with E-state index < -0.39 is 47.4 Å². The van der Waals surface area contributed by atoms with Crippen molar-refractivity contribution in [2.75, 3.05) is 7.11 Å². The van der Waals surface area contributed by atoms with Gasteiger partial charge in [0.25, 0.3) is 0 Å². The molecule has 0 saturated heterocycles. The second-order valence-electron chi connectivity index (χ2n) is 11.3. The fraction of sp³-hybridized carbons (Fsp3) is 0.484. The van der Waals surface area contributed by atoms with Crippen LogP contribution in [0.15, 0.2) is 60.7 Å². The van der Waals surface area contributed by atoms with E-state index in [0.717, 1.165) is 11.1 Å². The number of carboxylic acids is 1. The predicted molar refractivity (Wildman–Crippen MR) is 155 cm³/mol. The fourth-order valence-corrected chi connectivity index (χ4v) is 3.46. The van der Waals surface area contributed by atoms with Gasteiger partial charge >= 0.3 is 24.1 Å². The Bertz CT molecular complexity index is 1090. The molecule has 0 fully saturated rings. The number of nitrogens with one attached hydrogen (secondary N) is 2. The number of carbonyl (C=O) groups excluding carboxylic acids is 3. The molecule has 10 nitrogen and oxygen atoms in total. The molecule has 0 unspecified atom stereocenters. The second kappa shape index (κ2) is 16.9. The molecule has 10 heteroatoms. The summed E-state index contributed by atoms with van der Waals surface area (Å²) >= 11 is 0. The standard InChI is InChI=1S/C16H23NO4.C15H21NO4/c1-16(2,3)21-15(19)17-13(14(18)20-4)11-10-12-8-6-5-7-9-12;1-15(2,3)20-14(19)16-12(13(17)18)10-9-11-7-5-4-6-8-11/h5-9,13H,10-11H2,1-4H3,(H,17,19);4-8,12H,9-10H2,1-3H3,(H,16,19)(H,17,18)/t13-;12-/m11/s1. The lowest BCUT2D eigenvalue weighted by Gasteiger charge is -2.22. The molecule has 0 spiro atoms. The zero-order valence-electron chi connectivity index (χ0n) is 25.1. The van der Waals surface area contributed by atoms with Crippen LogP contribution in [-0.2, 0) is 36.6 Å². The maximum absolute atomic E-state index is 11.8. The minimum absolute atomic E-state index is 0.318. The van der Waals surface area contributed by atoms with Gasteiger partial charge in [0.05, 0.1) is 7.11 Å². The van der Waals surface area contributed by atoms with Gasteiger partial charge < -0.3 is 30.0 Å². The van der Waals surface area contributed by atoms with Crippen LogP contribution in [-0.4, -0.2) is 59.6 Å². The molecule has 2 atom stereocenters. The van der Waals surface area contributed by atoms with E-state index in [0.29, 0.717) is 25.7 Å². The number of hydrogen-bond acceptors (Lipinski definition) is 7. The summed E-state index contributed by atoms with van der Waals surface area (Å²) in [6.45, 7) is 10.5. The molecule has 2 aromatic carbocycles. The van der Waals surface area contributed by atoms with Crippen molar-refractivity contribution in [1.82, 2.24) is 10.6 Å². The first kappa shape index (κ1) is 34.9. The monoisotopic (exact) mass is 572 g/mol. The van der Waals surface area contributed by atoms with E-state index in [4.69, 9.17) is 19.3 Å². The summed E-state index contributed by atoms with van der Waals surface area (Å²) in [5, 5.41) is 14.1. The topological polar surface area (TPSA) is 140 Å². The summed E-state index contributed by atoms with van der Waals surface area (Å²) in [7, 11) is 1.30. The van der Waals surface area contributed by atoms with E-state index in [1.807, 2.05) is 60.7 Å². The van der Waals surface area contributed by atoms with E-state index >= 15 is 0 Å². The first-order valence-electron chi connectivity index (χ1n) is 13.5. The minimum atomic E-state index is -1.06. The maximum Gasteiger partial charge on any atom is 0.408 e. The number of benzene rings is 2. The van der Waals surface area contributed by atoms with Gasteiger partial charge in [-0.3, -0.25) is 0 Å². The first-order chi connectivity index (χ1) is 19.1. The Kier molecular flexibility index (Phi) is 14.4. The molecule has 0 saturated carbocycles. The molecule has 2 amide bonds. The number of carboxylic acid groups (broad SMARTS) is 1. The summed E-state index contributed by atoms with van der Waals surface area (Å²) < 4.78 is 14.9. The van der Waals surface area contributed by atoms with Crippen molar-refractivity contribution in [3.63, 3.8) is 0 Å². The Morgan fingerprint density at radius 2 is 1.05 bits per heavy atom. The van der Waals surface area contributed by atoms with Crippen LogP contribution < -0.4 is 10.6 Å². The van der Waals surface area contributed by atoms with Gasteiger partial charge in [0, 0.05) is 0 Å². The van der Waals surface area contributed by atoms with Gasteiger partial charge in [-0.05, 0) is 78.4 Å². The van der Waals surface area contributed by atoms with Gasteiger partial charge in [-0.1, -0.05) is 60.7 Å². The molecular weight excluding hydrogens is 528 g/mol. The molecule has 226 valence electrons. The van der Waals surface area contributed by atoms with E-state index in [1.54, 1.807) is 41.5 Å². The quantitative estimate of drug-likeness (QED) is 0.258. The Labute approximate surface area is 242 Å². The third kappa shape index (κ3) is 16.6. The van der Waals surface area contributed by atoms with Crippen LogP contribution in [0.1, 0.15) is 65.5 Å². The van der Waals surface area contributed by atoms with E-state index in [-0.39, 0.29) is 0 Å². The average molecular weight is 573 g/mol. The van der Waals surface area contributed by atoms with Crippen molar-refractivity contribution in [3.8, 4) is 0 Å². The molecule has 41 heavy (non-hydrogen) atoms. The van der Waals surface area contributed by atoms with Gasteiger partial charge in [0.1, 0.15) is 23.3 Å². The molecule has 2 rings (SSSR count). The highest BCUT2D eigenvalue weighted by Crippen LogP contribution is 2.11. The normalized spacial score (nSPS) is 12.5. The van der Waals surface area contributed by atoms with Crippen molar-refractivity contribution < 1.29 is 38.5 Å². The van der Waals surface area contributed by atoms with Crippen LogP contribution in [0.5, 0.6) is 0 Å². The Balaban J connectivity index is 0.000000410. The van der Waals surface area contributed by atoms with Gasteiger partial charge in [-0.15, -0.1) is 0 Å². The van der Waals surface area contributed by atoms with Crippen LogP contribution in [0.4, 0.5) is 9.59 Å². The lowest BCUT2D eigenvalue weighted by molar-refractivity contribution is -0.143. The highest BCUT2D eigenvalue weighted by atomic mass is 16.6. The molecule has 0 aromatic heterocycles. The number of alkyl carbamates (subject to hydrolysis) is 2. The van der Waals surface area contributed by atoms with Crippen molar-refractivity contribution >= 4 is 24.1 Å². The van der Waals surface area contributed by atoms with Crippen LogP contribution >= 0.6 is 0 Å². The summed E-state index contributed by atoms with van der Waals surface area (Å²) in [4.78, 5) is 46.2. The number of methoxy groups -OCH3 is 1. The molecule has 0 aliphatic rings. The molecule has 0 aliphatic heterocycles. The molecule has 0 aliphatic carbocycles. The molecule has 0 heterocycles. The smallest absolute Gasteiger partial charge is 0.408 e. The number of hydrogen-bond donors (Lipinski definition) is 3. The molecule has 0 bridgehead atoms. The van der Waals surface area contributed by atoms with Crippen LogP contribution in [0.3, 0.4) is 0 Å². The number of aliphatic carboxylic acids is 1. The largest absolute Gasteiger partial charge is 0.480 e. The SMILES string of the molecule is CC(C)(C)OC(=O)N[C@H](CCc1ccccc1)C(=O)O.COC(=O)[C@@H](CCc1ccccc1)NC(=O)OC(C)(C)C. The Morgan fingerprint density at radius 1 is 0.683 bits per heavy atom. The number of esters is 1. The van der Waals surface area contributed by atoms with E-state index in [1.165, 1.54) is 7.11 Å².